The fourth-order valence-corrected chi connectivity index (χ4v) is 4.43. The van der Waals surface area contributed by atoms with E-state index < -0.39 is 0 Å². The average Bonchev–Trinajstić information content (AvgIpc) is 3.33. The molecule has 2 unspecified atom stereocenters. The van der Waals surface area contributed by atoms with E-state index in [1.807, 2.05) is 22.0 Å². The van der Waals surface area contributed by atoms with Crippen molar-refractivity contribution in [2.45, 2.75) is 65.1 Å². The van der Waals surface area contributed by atoms with Gasteiger partial charge in [-0.3, -0.25) is 14.9 Å². The van der Waals surface area contributed by atoms with Crippen LogP contribution in [0.3, 0.4) is 0 Å². The molecule has 0 bridgehead atoms. The summed E-state index contributed by atoms with van der Waals surface area (Å²) in [7, 11) is 1.56. The third-order valence-corrected chi connectivity index (χ3v) is 6.54. The Kier molecular flexibility index (Phi) is 7.57. The van der Waals surface area contributed by atoms with Crippen LogP contribution >= 0.6 is 11.6 Å². The first-order valence-electron chi connectivity index (χ1n) is 11.9. The highest BCUT2D eigenvalue weighted by molar-refractivity contribution is 6.32. The minimum Gasteiger partial charge on any atom is -0.495 e. The largest absolute Gasteiger partial charge is 0.495 e. The SMILES string of the molecule is COc1cc(C(=O)NN2C(C)CCCC2C)ccc1Nc1ncc(Cl)c(-c2ccn(C(C)C)n2)n1. The van der Waals surface area contributed by atoms with Crippen LogP contribution in [-0.4, -0.2) is 49.9 Å². The number of hydrogen-bond donors (Lipinski definition) is 2. The Bertz CT molecular complexity index is 1190. The van der Waals surface area contributed by atoms with E-state index in [4.69, 9.17) is 16.3 Å². The van der Waals surface area contributed by atoms with Crippen LogP contribution in [0.2, 0.25) is 5.02 Å². The Morgan fingerprint density at radius 1 is 1.20 bits per heavy atom. The number of methoxy groups -OCH3 is 1. The van der Waals surface area contributed by atoms with Crippen molar-refractivity contribution in [2.24, 2.45) is 0 Å². The second-order valence-corrected chi connectivity index (χ2v) is 9.59. The fourth-order valence-electron chi connectivity index (χ4n) is 4.24. The standard InChI is InChI=1S/C25H32ClN7O2/c1-15(2)32-12-11-21(30-32)23-19(26)14-27-25(29-23)28-20-10-9-18(13-22(20)35-5)24(34)31-33-16(3)7-6-8-17(33)4/h9-17H,6-8H2,1-5H3,(H,31,34)(H,27,28,29). The van der Waals surface area contributed by atoms with Crippen LogP contribution in [0.4, 0.5) is 11.6 Å². The fraction of sp³-hybridized carbons (Fsp3) is 0.440. The number of hydrazine groups is 1. The van der Waals surface area contributed by atoms with E-state index in [1.165, 1.54) is 12.6 Å². The number of nitrogens with one attached hydrogen (secondary N) is 2. The van der Waals surface area contributed by atoms with E-state index in [0.29, 0.717) is 51.4 Å². The Morgan fingerprint density at radius 3 is 2.60 bits per heavy atom. The summed E-state index contributed by atoms with van der Waals surface area (Å²) in [6.45, 7) is 8.37. The molecule has 2 atom stereocenters. The van der Waals surface area contributed by atoms with E-state index in [2.05, 4.69) is 53.5 Å². The number of piperidine rings is 1. The van der Waals surface area contributed by atoms with Crippen LogP contribution in [0, 0.1) is 0 Å². The molecule has 0 saturated carbocycles. The molecule has 9 nitrogen and oxygen atoms in total. The highest BCUT2D eigenvalue weighted by atomic mass is 35.5. The highest BCUT2D eigenvalue weighted by Gasteiger charge is 2.26. The Hall–Kier alpha value is -3.17. The van der Waals surface area contributed by atoms with Gasteiger partial charge in [0.15, 0.2) is 0 Å². The van der Waals surface area contributed by atoms with E-state index >= 15 is 0 Å². The van der Waals surface area contributed by atoms with Crippen LogP contribution in [0.1, 0.15) is 63.4 Å². The summed E-state index contributed by atoms with van der Waals surface area (Å²) in [6, 6.07) is 7.93. The summed E-state index contributed by atoms with van der Waals surface area (Å²) in [6.07, 6.45) is 6.74. The van der Waals surface area contributed by atoms with Crippen molar-refractivity contribution in [3.05, 3.63) is 47.2 Å². The van der Waals surface area contributed by atoms with Gasteiger partial charge in [0.05, 0.1) is 24.0 Å². The van der Waals surface area contributed by atoms with Crippen LogP contribution in [0.5, 0.6) is 5.75 Å². The normalized spacial score (nSPS) is 18.5. The van der Waals surface area contributed by atoms with Gasteiger partial charge in [-0.25, -0.2) is 15.0 Å². The zero-order chi connectivity index (χ0) is 25.1. The van der Waals surface area contributed by atoms with Crippen molar-refractivity contribution in [2.75, 3.05) is 12.4 Å². The first-order valence-corrected chi connectivity index (χ1v) is 12.3. The molecule has 2 aromatic heterocycles. The molecular formula is C25H32ClN7O2. The van der Waals surface area contributed by atoms with Gasteiger partial charge in [0.2, 0.25) is 5.95 Å². The average molecular weight is 498 g/mol. The van der Waals surface area contributed by atoms with Crippen molar-refractivity contribution < 1.29 is 9.53 Å². The van der Waals surface area contributed by atoms with Crippen molar-refractivity contribution in [1.29, 1.82) is 0 Å². The summed E-state index contributed by atoms with van der Waals surface area (Å²) >= 11 is 6.36. The third kappa shape index (κ3) is 5.57. The number of rotatable bonds is 7. The second-order valence-electron chi connectivity index (χ2n) is 9.18. The Balaban J connectivity index is 1.53. The summed E-state index contributed by atoms with van der Waals surface area (Å²) in [5.74, 6) is 0.678. The van der Waals surface area contributed by atoms with Gasteiger partial charge < -0.3 is 10.1 Å². The third-order valence-electron chi connectivity index (χ3n) is 6.26. The maximum Gasteiger partial charge on any atom is 0.265 e. The zero-order valence-electron chi connectivity index (χ0n) is 20.7. The maximum atomic E-state index is 13.0. The van der Waals surface area contributed by atoms with Crippen molar-refractivity contribution in [3.63, 3.8) is 0 Å². The number of carbonyl (C=O) groups excluding carboxylic acids is 1. The molecule has 3 aromatic rings. The second kappa shape index (κ2) is 10.6. The number of ether oxygens (including phenoxy) is 1. The Labute approximate surface area is 210 Å². The molecule has 10 heteroatoms. The minimum atomic E-state index is -0.166. The molecule has 4 rings (SSSR count). The smallest absolute Gasteiger partial charge is 0.265 e. The van der Waals surface area contributed by atoms with Gasteiger partial charge in [-0.2, -0.15) is 5.10 Å². The number of carbonyl (C=O) groups is 1. The molecule has 0 spiro atoms. The lowest BCUT2D eigenvalue weighted by Crippen LogP contribution is -2.54. The number of nitrogens with zero attached hydrogens (tertiary/aromatic N) is 5. The molecule has 1 aliphatic rings. The topological polar surface area (TPSA) is 97.2 Å². The van der Waals surface area contributed by atoms with Gasteiger partial charge in [-0.1, -0.05) is 18.0 Å². The van der Waals surface area contributed by atoms with E-state index in [-0.39, 0.29) is 11.9 Å². The first-order chi connectivity index (χ1) is 16.8. The molecule has 1 aliphatic heterocycles. The van der Waals surface area contributed by atoms with E-state index in [1.54, 1.807) is 25.3 Å². The predicted molar refractivity (Wildman–Crippen MR) is 137 cm³/mol. The van der Waals surface area contributed by atoms with Gasteiger partial charge in [0.25, 0.3) is 5.91 Å². The lowest BCUT2D eigenvalue weighted by molar-refractivity contribution is 0.0369. The lowest BCUT2D eigenvalue weighted by Gasteiger charge is -2.38. The molecule has 35 heavy (non-hydrogen) atoms. The molecule has 3 heterocycles. The first kappa shape index (κ1) is 24.9. The molecule has 2 N–H and O–H groups in total. The van der Waals surface area contributed by atoms with Crippen LogP contribution in [0.25, 0.3) is 11.4 Å². The lowest BCUT2D eigenvalue weighted by atomic mass is 10.00. The zero-order valence-corrected chi connectivity index (χ0v) is 21.5. The highest BCUT2D eigenvalue weighted by Crippen LogP contribution is 2.30. The number of aromatic nitrogens is 4. The van der Waals surface area contributed by atoms with E-state index in [0.717, 1.165) is 12.8 Å². The van der Waals surface area contributed by atoms with Gasteiger partial charge in [0, 0.05) is 29.9 Å². The molecular weight excluding hydrogens is 466 g/mol. The summed E-state index contributed by atoms with van der Waals surface area (Å²) in [5, 5.41) is 10.2. The molecule has 1 amide bonds. The number of anilines is 2. The number of halogens is 1. The number of benzene rings is 1. The summed E-state index contributed by atoms with van der Waals surface area (Å²) < 4.78 is 7.40. The summed E-state index contributed by atoms with van der Waals surface area (Å²) in [4.78, 5) is 21.8. The van der Waals surface area contributed by atoms with E-state index in [9.17, 15) is 4.79 Å². The van der Waals surface area contributed by atoms with Gasteiger partial charge in [-0.15, -0.1) is 0 Å². The Morgan fingerprint density at radius 2 is 1.94 bits per heavy atom. The molecule has 186 valence electrons. The van der Waals surface area contributed by atoms with Crippen molar-refractivity contribution in [3.8, 4) is 17.1 Å². The van der Waals surface area contributed by atoms with Gasteiger partial charge >= 0.3 is 0 Å². The molecule has 1 aromatic carbocycles. The molecule has 1 fully saturated rings. The van der Waals surface area contributed by atoms with Gasteiger partial charge in [-0.05, 0) is 64.8 Å². The van der Waals surface area contributed by atoms with Crippen LogP contribution in [-0.2, 0) is 0 Å². The van der Waals surface area contributed by atoms with Gasteiger partial charge in [0.1, 0.15) is 17.1 Å². The molecule has 0 aliphatic carbocycles. The van der Waals surface area contributed by atoms with Crippen LogP contribution in [0.15, 0.2) is 36.7 Å². The quantitative estimate of drug-likeness (QED) is 0.461. The number of amides is 1. The van der Waals surface area contributed by atoms with Crippen molar-refractivity contribution in [1.82, 2.24) is 30.2 Å². The molecule has 0 radical (unpaired) electrons. The van der Waals surface area contributed by atoms with Crippen LogP contribution < -0.4 is 15.5 Å². The number of hydrogen-bond acceptors (Lipinski definition) is 7. The maximum absolute atomic E-state index is 13.0. The monoisotopic (exact) mass is 497 g/mol. The van der Waals surface area contributed by atoms with Crippen molar-refractivity contribution >= 4 is 29.1 Å². The predicted octanol–water partition coefficient (Wildman–Crippen LogP) is 5.23. The minimum absolute atomic E-state index is 0.166. The molecule has 1 saturated heterocycles. The summed E-state index contributed by atoms with van der Waals surface area (Å²) in [5.41, 5.74) is 5.40.